The zero-order chi connectivity index (χ0) is 35.5. The minimum Gasteiger partial charge on any atom is -0.460 e. The third kappa shape index (κ3) is 9.02. The van der Waals surface area contributed by atoms with Gasteiger partial charge in [0.25, 0.3) is 5.91 Å². The van der Waals surface area contributed by atoms with Crippen molar-refractivity contribution in [1.29, 1.82) is 0 Å². The fourth-order valence-electron chi connectivity index (χ4n) is 6.58. The number of hydrogen-bond acceptors (Lipinski definition) is 5. The van der Waals surface area contributed by atoms with Crippen LogP contribution in [0.15, 0.2) is 78.9 Å². The summed E-state index contributed by atoms with van der Waals surface area (Å²) in [6, 6.07) is 21.5. The van der Waals surface area contributed by atoms with E-state index in [1.54, 1.807) is 24.3 Å². The number of para-hydroxylation sites is 1. The number of ether oxygens (including phenoxy) is 3. The van der Waals surface area contributed by atoms with Gasteiger partial charge < -0.3 is 24.1 Å². The molecule has 1 N–H and O–H groups in total. The molecule has 1 aliphatic rings. The summed E-state index contributed by atoms with van der Waals surface area (Å²) in [7, 11) is 0. The van der Waals surface area contributed by atoms with Gasteiger partial charge in [0.2, 0.25) is 0 Å². The van der Waals surface area contributed by atoms with Crippen molar-refractivity contribution in [2.24, 2.45) is 0 Å². The van der Waals surface area contributed by atoms with Gasteiger partial charge in [0, 0.05) is 29.9 Å². The molecule has 0 aliphatic carbocycles. The molecule has 4 aromatic rings. The van der Waals surface area contributed by atoms with Crippen LogP contribution < -0.4 is 5.32 Å². The minimum absolute atomic E-state index is 0.0979. The van der Waals surface area contributed by atoms with Crippen molar-refractivity contribution >= 4 is 17.6 Å². The first-order valence-electron chi connectivity index (χ1n) is 16.8. The number of nitrogens with zero attached hydrogens (tertiary/aromatic N) is 1. The Morgan fingerprint density at radius 2 is 1.47 bits per heavy atom. The number of esters is 1. The van der Waals surface area contributed by atoms with Crippen molar-refractivity contribution in [2.45, 2.75) is 104 Å². The number of carbonyl (C=O) groups is 2. The highest BCUT2D eigenvalue weighted by atomic mass is 19.1. The van der Waals surface area contributed by atoms with Crippen molar-refractivity contribution in [3.63, 3.8) is 0 Å². The molecule has 2 atom stereocenters. The molecule has 1 amide bonds. The normalized spacial score (nSPS) is 17.6. The first kappa shape index (κ1) is 36.0. The van der Waals surface area contributed by atoms with E-state index in [1.807, 2.05) is 78.8 Å². The number of amides is 1. The van der Waals surface area contributed by atoms with Gasteiger partial charge in [0.1, 0.15) is 17.2 Å². The number of rotatable bonds is 10. The van der Waals surface area contributed by atoms with Gasteiger partial charge in [0.05, 0.1) is 29.9 Å². The Balaban J connectivity index is 1.60. The molecule has 3 aromatic carbocycles. The number of nitrogens with one attached hydrogen (secondary N) is 1. The van der Waals surface area contributed by atoms with Crippen molar-refractivity contribution in [3.05, 3.63) is 102 Å². The van der Waals surface area contributed by atoms with Gasteiger partial charge in [-0.05, 0) is 107 Å². The highest BCUT2D eigenvalue weighted by Gasteiger charge is 2.38. The van der Waals surface area contributed by atoms with Gasteiger partial charge >= 0.3 is 5.97 Å². The predicted molar refractivity (Wildman–Crippen MR) is 187 cm³/mol. The van der Waals surface area contributed by atoms with E-state index in [9.17, 15) is 18.4 Å². The molecule has 0 saturated carbocycles. The molecule has 2 unspecified atom stereocenters. The predicted octanol–water partition coefficient (Wildman–Crippen LogP) is 9.51. The lowest BCUT2D eigenvalue weighted by molar-refractivity contribution is -0.301. The monoisotopic (exact) mass is 672 g/mol. The minimum atomic E-state index is -0.938. The van der Waals surface area contributed by atoms with Crippen molar-refractivity contribution in [2.75, 3.05) is 5.32 Å². The Kier molecular flexibility index (Phi) is 10.7. The van der Waals surface area contributed by atoms with Crippen LogP contribution in [-0.4, -0.2) is 40.0 Å². The molecule has 260 valence electrons. The number of carbonyl (C=O) groups excluding carboxylic acids is 2. The molecule has 0 radical (unpaired) electrons. The van der Waals surface area contributed by atoms with Crippen molar-refractivity contribution < 1.29 is 32.6 Å². The molecule has 1 aromatic heterocycles. The Labute approximate surface area is 287 Å². The second-order valence-corrected chi connectivity index (χ2v) is 14.3. The quantitative estimate of drug-likeness (QED) is 0.170. The SMILES string of the molecule is CC(C)c1c(C(=O)Nc2ccccc2)c(-c2ccc(F)cc2)c(-c2ccc(F)cc2)n1CCC1CC(CC(=O)OC(C)(C)C)OC(C)(C)O1. The van der Waals surface area contributed by atoms with Gasteiger partial charge in [-0.25, -0.2) is 8.78 Å². The molecule has 1 saturated heterocycles. The molecule has 0 spiro atoms. The summed E-state index contributed by atoms with van der Waals surface area (Å²) >= 11 is 0. The zero-order valence-corrected chi connectivity index (χ0v) is 29.3. The second-order valence-electron chi connectivity index (χ2n) is 14.3. The Morgan fingerprint density at radius 3 is 2.04 bits per heavy atom. The van der Waals surface area contributed by atoms with Crippen LogP contribution in [0.1, 0.15) is 89.7 Å². The molecule has 49 heavy (non-hydrogen) atoms. The molecule has 7 nitrogen and oxygen atoms in total. The standard InChI is InChI=1S/C40H46F2N2O5/c1-25(2)36-35(38(46)43-30-11-9-8-10-12-30)34(26-13-17-28(41)18-14-26)37(27-15-19-29(42)20-16-27)44(36)22-21-31-23-32(48-40(6,7)47-31)24-33(45)49-39(3,4)5/h8-20,25,31-32H,21-24H2,1-7H3,(H,43,46). The molecule has 1 fully saturated rings. The van der Waals surface area contributed by atoms with E-state index in [1.165, 1.54) is 24.3 Å². The van der Waals surface area contributed by atoms with Crippen molar-refractivity contribution in [3.8, 4) is 22.4 Å². The van der Waals surface area contributed by atoms with E-state index < -0.39 is 23.3 Å². The van der Waals surface area contributed by atoms with Crippen LogP contribution in [0, 0.1) is 11.6 Å². The largest absolute Gasteiger partial charge is 0.460 e. The maximum atomic E-state index is 14.3. The van der Waals surface area contributed by atoms with Crippen LogP contribution in [0.2, 0.25) is 0 Å². The van der Waals surface area contributed by atoms with Crippen LogP contribution in [0.5, 0.6) is 0 Å². The summed E-state index contributed by atoms with van der Waals surface area (Å²) in [4.78, 5) is 27.1. The summed E-state index contributed by atoms with van der Waals surface area (Å²) in [5, 5.41) is 3.06. The second kappa shape index (κ2) is 14.6. The van der Waals surface area contributed by atoms with Crippen molar-refractivity contribution in [1.82, 2.24) is 4.57 Å². The maximum absolute atomic E-state index is 14.3. The van der Waals surface area contributed by atoms with Gasteiger partial charge in [-0.1, -0.05) is 44.2 Å². The van der Waals surface area contributed by atoms with Crippen LogP contribution in [0.4, 0.5) is 14.5 Å². The van der Waals surface area contributed by atoms with Gasteiger partial charge in [-0.3, -0.25) is 9.59 Å². The Hall–Kier alpha value is -4.34. The third-order valence-corrected chi connectivity index (χ3v) is 8.28. The van der Waals surface area contributed by atoms with E-state index in [0.29, 0.717) is 53.0 Å². The van der Waals surface area contributed by atoms with Crippen LogP contribution >= 0.6 is 0 Å². The highest BCUT2D eigenvalue weighted by molar-refractivity contribution is 6.12. The average molecular weight is 673 g/mol. The molecule has 0 bridgehead atoms. The van der Waals surface area contributed by atoms with Crippen LogP contribution in [-0.2, 0) is 25.5 Å². The number of anilines is 1. The van der Waals surface area contributed by atoms with E-state index in [-0.39, 0.29) is 36.1 Å². The zero-order valence-electron chi connectivity index (χ0n) is 29.3. The lowest BCUT2D eigenvalue weighted by atomic mass is 9.94. The summed E-state index contributed by atoms with van der Waals surface area (Å²) in [6.07, 6.45) is 0.412. The smallest absolute Gasteiger partial charge is 0.308 e. The van der Waals surface area contributed by atoms with Crippen LogP contribution in [0.3, 0.4) is 0 Å². The van der Waals surface area contributed by atoms with E-state index in [2.05, 4.69) is 9.88 Å². The fraction of sp³-hybridized carbons (Fsp3) is 0.400. The Morgan fingerprint density at radius 1 is 0.898 bits per heavy atom. The number of benzene rings is 3. The fourth-order valence-corrected chi connectivity index (χ4v) is 6.58. The van der Waals surface area contributed by atoms with Gasteiger partial charge in [-0.15, -0.1) is 0 Å². The number of aromatic nitrogens is 1. The molecular formula is C40H46F2N2O5. The topological polar surface area (TPSA) is 78.8 Å². The molecule has 2 heterocycles. The maximum Gasteiger partial charge on any atom is 0.308 e. The first-order chi connectivity index (χ1) is 23.1. The van der Waals surface area contributed by atoms with E-state index in [4.69, 9.17) is 14.2 Å². The molecular weight excluding hydrogens is 626 g/mol. The number of hydrogen-bond donors (Lipinski definition) is 1. The summed E-state index contributed by atoms with van der Waals surface area (Å²) in [5.74, 6) is -2.48. The highest BCUT2D eigenvalue weighted by Crippen LogP contribution is 2.43. The Bertz CT molecular complexity index is 1760. The number of halogens is 2. The molecule has 1 aliphatic heterocycles. The van der Waals surface area contributed by atoms with Crippen LogP contribution in [0.25, 0.3) is 22.4 Å². The average Bonchev–Trinajstić information content (AvgIpc) is 3.35. The molecule has 9 heteroatoms. The van der Waals surface area contributed by atoms with E-state index >= 15 is 0 Å². The van der Waals surface area contributed by atoms with E-state index in [0.717, 1.165) is 5.69 Å². The summed E-state index contributed by atoms with van der Waals surface area (Å²) in [6.45, 7) is 13.7. The summed E-state index contributed by atoms with van der Waals surface area (Å²) < 4.78 is 48.7. The van der Waals surface area contributed by atoms with Gasteiger partial charge in [-0.2, -0.15) is 0 Å². The summed E-state index contributed by atoms with van der Waals surface area (Å²) in [5.41, 5.74) is 3.96. The van der Waals surface area contributed by atoms with Gasteiger partial charge in [0.15, 0.2) is 5.79 Å². The third-order valence-electron chi connectivity index (χ3n) is 8.28. The molecule has 5 rings (SSSR count). The first-order valence-corrected chi connectivity index (χ1v) is 16.8. The lowest BCUT2D eigenvalue weighted by Gasteiger charge is -2.41. The lowest BCUT2D eigenvalue weighted by Crippen LogP contribution is -2.46.